The van der Waals surface area contributed by atoms with Crippen LogP contribution in [-0.2, 0) is 0 Å². The Hall–Kier alpha value is -4.04. The average molecular weight is 461 g/mol. The summed E-state index contributed by atoms with van der Waals surface area (Å²) in [7, 11) is 1.50. The lowest BCUT2D eigenvalue weighted by Gasteiger charge is -2.13. The number of ketones is 1. The molecule has 0 atom stereocenters. The Kier molecular flexibility index (Phi) is 8.88. The zero-order valence-corrected chi connectivity index (χ0v) is 19.0. The van der Waals surface area contributed by atoms with Crippen molar-refractivity contribution in [2.75, 3.05) is 24.3 Å². The van der Waals surface area contributed by atoms with Crippen molar-refractivity contribution in [3.05, 3.63) is 83.6 Å². The zero-order chi connectivity index (χ0) is 24.3. The topological polar surface area (TPSA) is 123 Å². The van der Waals surface area contributed by atoms with Crippen LogP contribution in [0, 0.1) is 0 Å². The molecule has 1 aromatic heterocycles. The number of amides is 2. The van der Waals surface area contributed by atoms with Gasteiger partial charge in [-0.25, -0.2) is 4.98 Å². The van der Waals surface area contributed by atoms with E-state index in [9.17, 15) is 14.4 Å². The second-order valence-electron chi connectivity index (χ2n) is 7.63. The Morgan fingerprint density at radius 2 is 1.65 bits per heavy atom. The maximum atomic E-state index is 12.9. The Balaban J connectivity index is 1.71. The van der Waals surface area contributed by atoms with Crippen LogP contribution in [0.2, 0.25) is 0 Å². The lowest BCUT2D eigenvalue weighted by Crippen LogP contribution is -2.19. The first kappa shape index (κ1) is 24.6. The van der Waals surface area contributed by atoms with Crippen LogP contribution in [-0.4, -0.2) is 36.2 Å². The molecule has 3 aromatic rings. The van der Waals surface area contributed by atoms with Crippen LogP contribution < -0.4 is 21.1 Å². The van der Waals surface area contributed by atoms with Crippen molar-refractivity contribution in [3.63, 3.8) is 0 Å². The van der Waals surface area contributed by atoms with Crippen LogP contribution in [0.4, 0.5) is 11.5 Å². The molecule has 176 valence electrons. The maximum Gasteiger partial charge on any atom is 0.259 e. The van der Waals surface area contributed by atoms with E-state index < -0.39 is 11.8 Å². The van der Waals surface area contributed by atoms with Gasteiger partial charge < -0.3 is 21.1 Å². The molecule has 0 aliphatic carbocycles. The van der Waals surface area contributed by atoms with E-state index in [2.05, 4.69) is 15.6 Å². The van der Waals surface area contributed by atoms with Gasteiger partial charge in [0, 0.05) is 23.7 Å². The normalized spacial score (nSPS) is 10.4. The highest BCUT2D eigenvalue weighted by atomic mass is 16.5. The summed E-state index contributed by atoms with van der Waals surface area (Å²) in [5.41, 5.74) is 6.95. The van der Waals surface area contributed by atoms with Crippen LogP contribution in [0.15, 0.2) is 66.9 Å². The molecule has 0 spiro atoms. The van der Waals surface area contributed by atoms with E-state index in [1.165, 1.54) is 7.11 Å². The number of anilines is 2. The van der Waals surface area contributed by atoms with Gasteiger partial charge in [-0.15, -0.1) is 0 Å². The zero-order valence-electron chi connectivity index (χ0n) is 19.0. The molecule has 2 amide bonds. The van der Waals surface area contributed by atoms with Crippen molar-refractivity contribution in [2.24, 2.45) is 5.73 Å². The number of nitrogens with one attached hydrogen (secondary N) is 2. The highest BCUT2D eigenvalue weighted by molar-refractivity contribution is 6.12. The number of benzene rings is 2. The van der Waals surface area contributed by atoms with Crippen LogP contribution in [0.5, 0.6) is 5.75 Å². The summed E-state index contributed by atoms with van der Waals surface area (Å²) < 4.78 is 5.23. The fourth-order valence-corrected chi connectivity index (χ4v) is 3.32. The van der Waals surface area contributed by atoms with E-state index in [-0.39, 0.29) is 11.3 Å². The molecule has 0 saturated carbocycles. The first-order valence-electron chi connectivity index (χ1n) is 11.1. The molecule has 3 rings (SSSR count). The number of hydrogen-bond acceptors (Lipinski definition) is 6. The summed E-state index contributed by atoms with van der Waals surface area (Å²) in [6, 6.07) is 16.4. The molecular weight excluding hydrogens is 432 g/mol. The van der Waals surface area contributed by atoms with E-state index in [1.807, 2.05) is 0 Å². The second-order valence-corrected chi connectivity index (χ2v) is 7.63. The molecule has 0 unspecified atom stereocenters. The third-order valence-electron chi connectivity index (χ3n) is 5.20. The Labute approximate surface area is 198 Å². The average Bonchev–Trinajstić information content (AvgIpc) is 2.87. The first-order chi connectivity index (χ1) is 16.5. The number of Topliss-reactive ketones (excluding diaryl/α,β-unsaturated/α-hetero) is 1. The van der Waals surface area contributed by atoms with Gasteiger partial charge in [0.1, 0.15) is 11.6 Å². The van der Waals surface area contributed by atoms with Crippen molar-refractivity contribution >= 4 is 29.1 Å². The number of nitrogens with two attached hydrogens (primary N) is 1. The molecule has 0 aliphatic rings. The minimum absolute atomic E-state index is 0.0348. The largest absolute Gasteiger partial charge is 0.497 e. The molecule has 2 aromatic carbocycles. The summed E-state index contributed by atoms with van der Waals surface area (Å²) in [5.74, 6) is 0.0458. The predicted molar refractivity (Wildman–Crippen MR) is 131 cm³/mol. The molecule has 4 N–H and O–H groups in total. The van der Waals surface area contributed by atoms with E-state index in [0.29, 0.717) is 41.3 Å². The van der Waals surface area contributed by atoms with Crippen LogP contribution in [0.25, 0.3) is 0 Å². The van der Waals surface area contributed by atoms with Gasteiger partial charge in [-0.05, 0) is 61.9 Å². The molecule has 34 heavy (non-hydrogen) atoms. The van der Waals surface area contributed by atoms with Crippen molar-refractivity contribution in [2.45, 2.75) is 25.7 Å². The van der Waals surface area contributed by atoms with E-state index >= 15 is 0 Å². The summed E-state index contributed by atoms with van der Waals surface area (Å²) in [6.45, 7) is 0.624. The number of aromatic nitrogens is 1. The van der Waals surface area contributed by atoms with Crippen LogP contribution in [0.3, 0.4) is 0 Å². The fourth-order valence-electron chi connectivity index (χ4n) is 3.32. The molecule has 0 saturated heterocycles. The molecule has 0 aliphatic heterocycles. The first-order valence-corrected chi connectivity index (χ1v) is 11.1. The van der Waals surface area contributed by atoms with Crippen molar-refractivity contribution in [3.8, 4) is 5.75 Å². The molecule has 8 heteroatoms. The Morgan fingerprint density at radius 3 is 2.32 bits per heavy atom. The van der Waals surface area contributed by atoms with Gasteiger partial charge in [-0.3, -0.25) is 14.4 Å². The van der Waals surface area contributed by atoms with Crippen molar-refractivity contribution in [1.29, 1.82) is 0 Å². The summed E-state index contributed by atoms with van der Waals surface area (Å²) in [5, 5.41) is 5.48. The lowest BCUT2D eigenvalue weighted by atomic mass is 10.0. The third-order valence-corrected chi connectivity index (χ3v) is 5.20. The maximum absolute atomic E-state index is 12.9. The second kappa shape index (κ2) is 12.3. The van der Waals surface area contributed by atoms with Gasteiger partial charge in [0.25, 0.3) is 11.8 Å². The van der Waals surface area contributed by atoms with Gasteiger partial charge >= 0.3 is 0 Å². The van der Waals surface area contributed by atoms with Crippen molar-refractivity contribution in [1.82, 2.24) is 4.98 Å². The summed E-state index contributed by atoms with van der Waals surface area (Å²) in [6.07, 6.45) is 4.63. The summed E-state index contributed by atoms with van der Waals surface area (Å²) in [4.78, 5) is 42.1. The lowest BCUT2D eigenvalue weighted by molar-refractivity contribution is 0.0975. The quantitative estimate of drug-likeness (QED) is 0.290. The molecule has 0 fully saturated rings. The summed E-state index contributed by atoms with van der Waals surface area (Å²) >= 11 is 0. The number of carbonyl (C=O) groups excluding carboxylic acids is 3. The van der Waals surface area contributed by atoms with Crippen LogP contribution >= 0.6 is 0 Å². The molecule has 8 nitrogen and oxygen atoms in total. The van der Waals surface area contributed by atoms with E-state index in [1.54, 1.807) is 66.9 Å². The van der Waals surface area contributed by atoms with E-state index in [4.69, 9.17) is 10.5 Å². The van der Waals surface area contributed by atoms with Crippen molar-refractivity contribution < 1.29 is 19.1 Å². The minimum Gasteiger partial charge on any atom is -0.497 e. The van der Waals surface area contributed by atoms with Gasteiger partial charge in [-0.1, -0.05) is 24.6 Å². The minimum atomic E-state index is -0.441. The Bertz CT molecular complexity index is 1130. The fraction of sp³-hybridized carbons (Fsp3) is 0.231. The highest BCUT2D eigenvalue weighted by Crippen LogP contribution is 2.24. The number of nitrogens with zero attached hydrogens (tertiary/aromatic N) is 1. The van der Waals surface area contributed by atoms with Gasteiger partial charge in [0.15, 0.2) is 5.78 Å². The molecular formula is C26H28N4O4. The number of ether oxygens (including phenoxy) is 1. The third kappa shape index (κ3) is 6.73. The standard InChI is InChI=1S/C26H28N4O4/c1-34-20-13-14-22(21(17-20)26(33)30-24-8-4-6-16-28-24)29-25(32)19-11-9-18(10-12-19)23(31)7-3-2-5-15-27/h4,6,8-14,16-17H,2-3,5,7,15,27H2,1H3,(H,29,32)(H,28,30,33). The molecule has 0 radical (unpaired) electrons. The van der Waals surface area contributed by atoms with E-state index in [0.717, 1.165) is 19.3 Å². The number of rotatable bonds is 11. The number of carbonyl (C=O) groups is 3. The molecule has 0 bridgehead atoms. The van der Waals surface area contributed by atoms with Gasteiger partial charge in [0.05, 0.1) is 18.4 Å². The Morgan fingerprint density at radius 1 is 0.882 bits per heavy atom. The monoisotopic (exact) mass is 460 g/mol. The van der Waals surface area contributed by atoms with Crippen LogP contribution in [0.1, 0.15) is 56.8 Å². The predicted octanol–water partition coefficient (Wildman–Crippen LogP) is 4.30. The number of hydrogen-bond donors (Lipinski definition) is 3. The smallest absolute Gasteiger partial charge is 0.259 e. The number of pyridine rings is 1. The highest BCUT2D eigenvalue weighted by Gasteiger charge is 2.17. The molecule has 1 heterocycles. The van der Waals surface area contributed by atoms with Gasteiger partial charge in [-0.2, -0.15) is 0 Å². The van der Waals surface area contributed by atoms with Gasteiger partial charge in [0.2, 0.25) is 0 Å². The SMILES string of the molecule is COc1ccc(NC(=O)c2ccc(C(=O)CCCCCN)cc2)c(C(=O)Nc2ccccn2)c1. The number of unbranched alkanes of at least 4 members (excludes halogenated alkanes) is 2. The number of methoxy groups -OCH3 is 1.